The fraction of sp³-hybridized carbons (Fsp3) is 0.222. The van der Waals surface area contributed by atoms with E-state index in [9.17, 15) is 9.59 Å². The number of hydrogen-bond donors (Lipinski definition) is 2. The van der Waals surface area contributed by atoms with Gasteiger partial charge < -0.3 is 10.6 Å². The molecular formula is C18H19BrN2O2. The molecule has 0 aliphatic carbocycles. The Balaban J connectivity index is 2.04. The van der Waals surface area contributed by atoms with Crippen LogP contribution in [0.5, 0.6) is 0 Å². The number of carbonyl (C=O) groups is 2. The van der Waals surface area contributed by atoms with E-state index >= 15 is 0 Å². The number of nitrogens with one attached hydrogen (secondary N) is 2. The number of hydrogen-bond acceptors (Lipinski definition) is 2. The summed E-state index contributed by atoms with van der Waals surface area (Å²) in [6, 6.07) is 12.6. The lowest BCUT2D eigenvalue weighted by Gasteiger charge is -2.09. The fourth-order valence-corrected chi connectivity index (χ4v) is 2.59. The third-order valence-electron chi connectivity index (χ3n) is 3.34. The molecule has 0 saturated heterocycles. The zero-order chi connectivity index (χ0) is 16.8. The first kappa shape index (κ1) is 17.2. The van der Waals surface area contributed by atoms with Crippen LogP contribution in [0.2, 0.25) is 0 Å². The molecule has 2 amide bonds. The molecule has 0 spiro atoms. The van der Waals surface area contributed by atoms with E-state index in [1.165, 1.54) is 0 Å². The van der Waals surface area contributed by atoms with Crippen molar-refractivity contribution in [2.24, 2.45) is 0 Å². The topological polar surface area (TPSA) is 58.2 Å². The third-order valence-corrected chi connectivity index (χ3v) is 3.84. The van der Waals surface area contributed by atoms with Gasteiger partial charge in [-0.25, -0.2) is 0 Å². The summed E-state index contributed by atoms with van der Waals surface area (Å²) in [5.41, 5.74) is 3.00. The normalized spacial score (nSPS) is 10.2. The second-order valence-corrected chi connectivity index (χ2v) is 6.20. The number of halogens is 1. The molecule has 120 valence electrons. The van der Waals surface area contributed by atoms with Gasteiger partial charge in [0.2, 0.25) is 5.91 Å². The number of amides is 2. The molecule has 0 bridgehead atoms. The molecule has 0 radical (unpaired) electrons. The van der Waals surface area contributed by atoms with Gasteiger partial charge >= 0.3 is 0 Å². The van der Waals surface area contributed by atoms with Crippen molar-refractivity contribution in [3.8, 4) is 0 Å². The van der Waals surface area contributed by atoms with E-state index in [-0.39, 0.29) is 11.8 Å². The molecule has 0 saturated carbocycles. The predicted molar refractivity (Wildman–Crippen MR) is 96.8 cm³/mol. The van der Waals surface area contributed by atoms with Crippen molar-refractivity contribution in [1.82, 2.24) is 0 Å². The minimum absolute atomic E-state index is 0.0183. The van der Waals surface area contributed by atoms with Gasteiger partial charge in [0.05, 0.1) is 0 Å². The minimum Gasteiger partial charge on any atom is -0.326 e. The van der Waals surface area contributed by atoms with E-state index in [0.29, 0.717) is 17.7 Å². The number of anilines is 2. The van der Waals surface area contributed by atoms with Gasteiger partial charge in [0, 0.05) is 27.8 Å². The summed E-state index contributed by atoms with van der Waals surface area (Å²) >= 11 is 3.40. The third kappa shape index (κ3) is 4.93. The minimum atomic E-state index is -0.179. The van der Waals surface area contributed by atoms with Crippen molar-refractivity contribution in [3.05, 3.63) is 58.1 Å². The molecule has 23 heavy (non-hydrogen) atoms. The zero-order valence-corrected chi connectivity index (χ0v) is 14.7. The molecule has 2 aromatic carbocycles. The first-order valence-electron chi connectivity index (χ1n) is 7.47. The summed E-state index contributed by atoms with van der Waals surface area (Å²) in [7, 11) is 0. The molecule has 0 aliphatic rings. The number of aryl methyl sites for hydroxylation is 1. The van der Waals surface area contributed by atoms with Gasteiger partial charge in [0.1, 0.15) is 0 Å². The van der Waals surface area contributed by atoms with Crippen LogP contribution in [-0.2, 0) is 4.79 Å². The second-order valence-electron chi connectivity index (χ2n) is 5.29. The zero-order valence-electron chi connectivity index (χ0n) is 13.2. The summed E-state index contributed by atoms with van der Waals surface area (Å²) < 4.78 is 0.972. The molecule has 5 heteroatoms. The van der Waals surface area contributed by atoms with Gasteiger partial charge in [0.25, 0.3) is 5.91 Å². The van der Waals surface area contributed by atoms with Crippen LogP contribution in [0.3, 0.4) is 0 Å². The molecule has 4 nitrogen and oxygen atoms in total. The molecule has 2 N–H and O–H groups in total. The highest BCUT2D eigenvalue weighted by atomic mass is 79.9. The van der Waals surface area contributed by atoms with E-state index in [0.717, 1.165) is 22.1 Å². The lowest BCUT2D eigenvalue weighted by molar-refractivity contribution is -0.116. The maximum Gasteiger partial charge on any atom is 0.255 e. The van der Waals surface area contributed by atoms with Crippen LogP contribution < -0.4 is 10.6 Å². The van der Waals surface area contributed by atoms with Crippen LogP contribution in [-0.4, -0.2) is 11.8 Å². The van der Waals surface area contributed by atoms with Gasteiger partial charge in [-0.2, -0.15) is 0 Å². The number of rotatable bonds is 5. The molecule has 0 unspecified atom stereocenters. The Morgan fingerprint density at radius 2 is 1.74 bits per heavy atom. The van der Waals surface area contributed by atoms with Gasteiger partial charge in [0.15, 0.2) is 0 Å². The van der Waals surface area contributed by atoms with Crippen LogP contribution >= 0.6 is 15.9 Å². The van der Waals surface area contributed by atoms with Crippen molar-refractivity contribution in [3.63, 3.8) is 0 Å². The summed E-state index contributed by atoms with van der Waals surface area (Å²) in [5, 5.41) is 5.69. The predicted octanol–water partition coefficient (Wildman–Crippen LogP) is 4.75. The summed E-state index contributed by atoms with van der Waals surface area (Å²) in [6.07, 6.45) is 1.30. The summed E-state index contributed by atoms with van der Waals surface area (Å²) in [6.45, 7) is 3.89. The van der Waals surface area contributed by atoms with Gasteiger partial charge in [-0.15, -0.1) is 0 Å². The molecule has 0 aliphatic heterocycles. The van der Waals surface area contributed by atoms with E-state index in [1.807, 2.05) is 32.0 Å². The Morgan fingerprint density at radius 1 is 1.04 bits per heavy atom. The summed E-state index contributed by atoms with van der Waals surface area (Å²) in [4.78, 5) is 23.8. The van der Waals surface area contributed by atoms with Crippen molar-refractivity contribution in [1.29, 1.82) is 0 Å². The van der Waals surface area contributed by atoms with Crippen LogP contribution in [0, 0.1) is 6.92 Å². The molecule has 2 rings (SSSR count). The maximum atomic E-state index is 12.3. The Labute approximate surface area is 144 Å². The van der Waals surface area contributed by atoms with Gasteiger partial charge in [-0.05, 0) is 61.4 Å². The molecule has 0 atom stereocenters. The monoisotopic (exact) mass is 374 g/mol. The van der Waals surface area contributed by atoms with E-state index in [2.05, 4.69) is 26.6 Å². The lowest BCUT2D eigenvalue weighted by Crippen LogP contribution is -2.13. The largest absolute Gasteiger partial charge is 0.326 e. The molecular weight excluding hydrogens is 356 g/mol. The van der Waals surface area contributed by atoms with Crippen LogP contribution in [0.15, 0.2) is 46.9 Å². The van der Waals surface area contributed by atoms with Crippen molar-refractivity contribution >= 4 is 39.1 Å². The highest BCUT2D eigenvalue weighted by Gasteiger charge is 2.08. The first-order chi connectivity index (χ1) is 11.0. The quantitative estimate of drug-likeness (QED) is 0.793. The Hall–Kier alpha value is -2.14. The highest BCUT2D eigenvalue weighted by molar-refractivity contribution is 9.10. The highest BCUT2D eigenvalue weighted by Crippen LogP contribution is 2.21. The molecule has 0 aromatic heterocycles. The fourth-order valence-electron chi connectivity index (χ4n) is 2.12. The standard InChI is InChI=1S/C18H19BrN2O2/c1-3-4-17(22)20-15-8-5-13(6-9-15)18(23)21-16-10-7-14(19)11-12(16)2/h5-11H,3-4H2,1-2H3,(H,20,22)(H,21,23). The van der Waals surface area contributed by atoms with E-state index < -0.39 is 0 Å². The average molecular weight is 375 g/mol. The Morgan fingerprint density at radius 3 is 2.35 bits per heavy atom. The van der Waals surface area contributed by atoms with E-state index in [4.69, 9.17) is 0 Å². The van der Waals surface area contributed by atoms with Gasteiger partial charge in [-0.1, -0.05) is 22.9 Å². The Kier molecular flexibility index (Phi) is 5.93. The number of carbonyl (C=O) groups excluding carboxylic acids is 2. The van der Waals surface area contributed by atoms with Crippen molar-refractivity contribution < 1.29 is 9.59 Å². The first-order valence-corrected chi connectivity index (χ1v) is 8.26. The van der Waals surface area contributed by atoms with Crippen LogP contribution in [0.4, 0.5) is 11.4 Å². The second kappa shape index (κ2) is 7.92. The van der Waals surface area contributed by atoms with E-state index in [1.54, 1.807) is 24.3 Å². The molecule has 2 aromatic rings. The average Bonchev–Trinajstić information content (AvgIpc) is 2.51. The van der Waals surface area contributed by atoms with Crippen LogP contribution in [0.25, 0.3) is 0 Å². The lowest BCUT2D eigenvalue weighted by atomic mass is 10.1. The molecule has 0 fully saturated rings. The number of benzene rings is 2. The maximum absolute atomic E-state index is 12.3. The summed E-state index contributed by atoms with van der Waals surface area (Å²) in [5.74, 6) is -0.197. The van der Waals surface area contributed by atoms with Crippen LogP contribution in [0.1, 0.15) is 35.7 Å². The SMILES string of the molecule is CCCC(=O)Nc1ccc(C(=O)Nc2ccc(Br)cc2C)cc1. The molecule has 0 heterocycles. The van der Waals surface area contributed by atoms with Crippen molar-refractivity contribution in [2.75, 3.05) is 10.6 Å². The van der Waals surface area contributed by atoms with Crippen molar-refractivity contribution in [2.45, 2.75) is 26.7 Å². The smallest absolute Gasteiger partial charge is 0.255 e. The van der Waals surface area contributed by atoms with Gasteiger partial charge in [-0.3, -0.25) is 9.59 Å². The Bertz CT molecular complexity index is 711.